The zero-order chi connectivity index (χ0) is 40.5. The number of benzene rings is 2. The first kappa shape index (κ1) is 37.5. The van der Waals surface area contributed by atoms with Gasteiger partial charge < -0.3 is 13.6 Å². The number of allylic oxidation sites excluding steroid dienone is 2. The van der Waals surface area contributed by atoms with E-state index in [2.05, 4.69) is 0 Å². The van der Waals surface area contributed by atoms with Gasteiger partial charge in [0.2, 0.25) is 0 Å². The molecule has 0 fully saturated rings. The van der Waals surface area contributed by atoms with Crippen LogP contribution >= 0.6 is 0 Å². The van der Waals surface area contributed by atoms with Gasteiger partial charge in [0.25, 0.3) is 0 Å². The van der Waals surface area contributed by atoms with E-state index in [1.165, 1.54) is 26.1 Å². The van der Waals surface area contributed by atoms with Crippen molar-refractivity contribution in [1.82, 2.24) is 19.2 Å². The molecule has 5 aromatic rings. The lowest BCUT2D eigenvalue weighted by atomic mass is 9.62. The zero-order valence-electron chi connectivity index (χ0n) is 31.0. The molecule has 8 rings (SSSR count). The van der Waals surface area contributed by atoms with E-state index in [1.807, 2.05) is 36.7 Å². The number of hydrogen-bond donors (Lipinski definition) is 0. The first-order valence-electron chi connectivity index (χ1n) is 17.8. The van der Waals surface area contributed by atoms with E-state index in [-0.39, 0.29) is 41.9 Å². The summed E-state index contributed by atoms with van der Waals surface area (Å²) in [5, 5.41) is 5.14. The second kappa shape index (κ2) is 12.1. The molecule has 0 amide bonds. The topological polar surface area (TPSA) is 95.6 Å². The van der Waals surface area contributed by atoms with Gasteiger partial charge in [-0.3, -0.25) is 9.47 Å². The number of ether oxygens (including phenoxy) is 1. The molecule has 294 valence electrons. The average molecular weight is 785 g/mol. The molecule has 3 aromatic heterocycles. The van der Waals surface area contributed by atoms with Crippen molar-refractivity contribution in [2.75, 3.05) is 0 Å². The Kier molecular flexibility index (Phi) is 8.08. The van der Waals surface area contributed by atoms with Gasteiger partial charge in [0, 0.05) is 30.4 Å². The number of nitrogens with zero attached hydrogens (tertiary/aromatic N) is 4. The fourth-order valence-corrected chi connectivity index (χ4v) is 8.68. The summed E-state index contributed by atoms with van der Waals surface area (Å²) in [6.45, 7) is 9.49. The Labute approximate surface area is 315 Å². The fourth-order valence-electron chi connectivity index (χ4n) is 8.68. The van der Waals surface area contributed by atoms with Crippen LogP contribution in [0.4, 0.5) is 35.5 Å². The lowest BCUT2D eigenvalue weighted by Crippen LogP contribution is -2.42. The number of aryl methyl sites for hydroxylation is 2. The minimum atomic E-state index is -5.06. The number of rotatable bonds is 5. The zero-order valence-corrected chi connectivity index (χ0v) is 31.0. The van der Waals surface area contributed by atoms with Crippen LogP contribution in [0.15, 0.2) is 68.4 Å². The highest BCUT2D eigenvalue weighted by molar-refractivity contribution is 5.90. The standard InChI is InChI=1S/C40H35F7N4O5/c1-7-21-9-8-10-24-28-16-37(5,41)33-26(13-14-50(33)34(52)54-19-29-20(2)55-35(53)56-29)38(28,6)32-25-18-49(36(3,4)31(25)48-51(32)30(21)24)17-22-11-12-23(39(42,43)44)15-27(22)40(45,46)47/h8-16H,7,17-19H2,1-6H3. The van der Waals surface area contributed by atoms with Crippen LogP contribution in [-0.4, -0.2) is 25.3 Å². The van der Waals surface area contributed by atoms with Crippen LogP contribution < -0.4 is 5.82 Å². The molecule has 0 radical (unpaired) electrons. The van der Waals surface area contributed by atoms with Crippen LogP contribution in [0.2, 0.25) is 0 Å². The maximum atomic E-state index is 17.2. The Morgan fingerprint density at radius 2 is 1.70 bits per heavy atom. The molecule has 56 heavy (non-hydrogen) atoms. The van der Waals surface area contributed by atoms with Gasteiger partial charge in [-0.15, -0.1) is 0 Å². The molecule has 3 aliphatic rings. The monoisotopic (exact) mass is 784 g/mol. The van der Waals surface area contributed by atoms with Crippen molar-refractivity contribution in [3.05, 3.63) is 133 Å². The second-order valence-corrected chi connectivity index (χ2v) is 15.2. The Morgan fingerprint density at radius 3 is 2.34 bits per heavy atom. The van der Waals surface area contributed by atoms with Gasteiger partial charge in [0.1, 0.15) is 0 Å². The van der Waals surface area contributed by atoms with Crippen LogP contribution in [-0.2, 0) is 59.8 Å². The Balaban J connectivity index is 1.27. The minimum absolute atomic E-state index is 0.0116. The second-order valence-electron chi connectivity index (χ2n) is 15.2. The van der Waals surface area contributed by atoms with Gasteiger partial charge in [0.15, 0.2) is 23.8 Å². The van der Waals surface area contributed by atoms with Crippen molar-refractivity contribution < 1.29 is 49.1 Å². The molecule has 0 N–H and O–H groups in total. The molecule has 16 heteroatoms. The highest BCUT2D eigenvalue weighted by Crippen LogP contribution is 2.60. The van der Waals surface area contributed by atoms with Crippen molar-refractivity contribution in [1.29, 1.82) is 0 Å². The summed E-state index contributed by atoms with van der Waals surface area (Å²) >= 11 is 0. The SMILES string of the molecule is CCc1cccc2c1-n1nc3c(c1C1(C)C2=CC(C)(F)c2c1ccn2C(=O)OCc1oc(=O)oc1C)CN(Cc1ccc(C(F)(F)F)cc1C(F)(F)F)C3(C)C. The summed E-state index contributed by atoms with van der Waals surface area (Å²) in [4.78, 5) is 26.9. The van der Waals surface area contributed by atoms with Gasteiger partial charge in [-0.05, 0) is 87.6 Å². The van der Waals surface area contributed by atoms with E-state index in [4.69, 9.17) is 18.7 Å². The Bertz CT molecular complexity index is 2550. The number of fused-ring (bicyclic) bond motifs is 10. The van der Waals surface area contributed by atoms with E-state index in [1.54, 1.807) is 24.8 Å². The van der Waals surface area contributed by atoms with E-state index in [9.17, 15) is 35.9 Å². The quantitative estimate of drug-likeness (QED) is 0.164. The summed E-state index contributed by atoms with van der Waals surface area (Å²) in [5.41, 5.74) is -2.38. The summed E-state index contributed by atoms with van der Waals surface area (Å²) in [6.07, 6.45) is -7.52. The lowest BCUT2D eigenvalue weighted by molar-refractivity contribution is -0.143. The molecule has 1 aliphatic carbocycles. The predicted molar refractivity (Wildman–Crippen MR) is 187 cm³/mol. The normalized spacial score (nSPS) is 21.2. The first-order valence-corrected chi connectivity index (χ1v) is 17.8. The van der Waals surface area contributed by atoms with E-state index in [0.717, 1.165) is 21.9 Å². The molecular formula is C40H35F7N4O5. The highest BCUT2D eigenvalue weighted by atomic mass is 19.4. The molecule has 2 aliphatic heterocycles. The predicted octanol–water partition coefficient (Wildman–Crippen LogP) is 9.47. The largest absolute Gasteiger partial charge is 0.519 e. The molecule has 2 unspecified atom stereocenters. The molecule has 0 saturated carbocycles. The number of carbonyl (C=O) groups excluding carboxylic acids is 1. The van der Waals surface area contributed by atoms with Crippen molar-refractivity contribution in [2.24, 2.45) is 0 Å². The van der Waals surface area contributed by atoms with Gasteiger partial charge in [0.05, 0.1) is 44.8 Å². The maximum absolute atomic E-state index is 17.2. The van der Waals surface area contributed by atoms with E-state index >= 15 is 4.39 Å². The first-order chi connectivity index (χ1) is 26.1. The molecule has 2 aromatic carbocycles. The highest BCUT2D eigenvalue weighted by Gasteiger charge is 2.56. The molecular weight excluding hydrogens is 749 g/mol. The van der Waals surface area contributed by atoms with Crippen LogP contribution in [0.1, 0.15) is 102 Å². The fraction of sp³-hybridized carbons (Fsp3) is 0.375. The van der Waals surface area contributed by atoms with Gasteiger partial charge in [-0.2, -0.15) is 31.4 Å². The van der Waals surface area contributed by atoms with Gasteiger partial charge in [-0.1, -0.05) is 31.2 Å². The number of halogens is 7. The van der Waals surface area contributed by atoms with E-state index in [0.29, 0.717) is 46.1 Å². The average Bonchev–Trinajstić information content (AvgIpc) is 3.87. The number of hydrogen-bond acceptors (Lipinski definition) is 7. The molecule has 9 nitrogen and oxygen atoms in total. The lowest BCUT2D eigenvalue weighted by Gasteiger charge is -2.45. The Morgan fingerprint density at radius 1 is 0.964 bits per heavy atom. The summed E-state index contributed by atoms with van der Waals surface area (Å²) in [7, 11) is 0. The number of para-hydroxylation sites is 1. The van der Waals surface area contributed by atoms with Crippen molar-refractivity contribution in [3.63, 3.8) is 0 Å². The third-order valence-corrected chi connectivity index (χ3v) is 11.5. The van der Waals surface area contributed by atoms with Crippen LogP contribution in [0.3, 0.4) is 0 Å². The minimum Gasteiger partial charge on any atom is -0.441 e. The molecule has 0 saturated heterocycles. The molecule has 0 bridgehead atoms. The molecule has 5 heterocycles. The maximum Gasteiger partial charge on any atom is 0.519 e. The van der Waals surface area contributed by atoms with Crippen molar-refractivity contribution in [3.8, 4) is 5.69 Å². The third kappa shape index (κ3) is 5.42. The summed E-state index contributed by atoms with van der Waals surface area (Å²) < 4.78 is 119. The third-order valence-electron chi connectivity index (χ3n) is 11.5. The van der Waals surface area contributed by atoms with Crippen molar-refractivity contribution >= 4 is 11.7 Å². The Hall–Kier alpha value is -5.38. The smallest absolute Gasteiger partial charge is 0.441 e. The van der Waals surface area contributed by atoms with Crippen LogP contribution in [0.25, 0.3) is 11.3 Å². The van der Waals surface area contributed by atoms with Gasteiger partial charge in [-0.25, -0.2) is 18.7 Å². The summed E-state index contributed by atoms with van der Waals surface area (Å²) in [6, 6.07) is 8.98. The summed E-state index contributed by atoms with van der Waals surface area (Å²) in [5.74, 6) is -0.863. The van der Waals surface area contributed by atoms with Crippen LogP contribution in [0.5, 0.6) is 0 Å². The number of carbonyl (C=O) groups is 1. The van der Waals surface area contributed by atoms with E-state index < -0.39 is 58.6 Å². The molecule has 0 spiro atoms. The number of aromatic nitrogens is 3. The number of alkyl halides is 7. The van der Waals surface area contributed by atoms with Gasteiger partial charge >= 0.3 is 24.3 Å². The van der Waals surface area contributed by atoms with Crippen LogP contribution in [0, 0.1) is 6.92 Å². The molecule has 2 atom stereocenters. The van der Waals surface area contributed by atoms with Crippen molar-refractivity contribution in [2.45, 2.75) is 96.6 Å².